The molecule has 1 aliphatic rings. The van der Waals surface area contributed by atoms with E-state index in [9.17, 15) is 4.79 Å². The van der Waals surface area contributed by atoms with Gasteiger partial charge in [0, 0.05) is 18.7 Å². The van der Waals surface area contributed by atoms with E-state index in [0.29, 0.717) is 12.3 Å². The molecule has 0 bridgehead atoms. The van der Waals surface area contributed by atoms with Gasteiger partial charge >= 0.3 is 5.97 Å². The maximum Gasteiger partial charge on any atom is 0.305 e. The topological polar surface area (TPSA) is 38.3 Å². The molecule has 3 nitrogen and oxygen atoms in total. The van der Waals surface area contributed by atoms with Crippen LogP contribution < -0.4 is 5.32 Å². The number of hydrogen-bond donors (Lipinski definition) is 1. The smallest absolute Gasteiger partial charge is 0.305 e. The number of hydrogen-bond acceptors (Lipinski definition) is 3. The summed E-state index contributed by atoms with van der Waals surface area (Å²) in [5.41, 5.74) is 2.54. The second-order valence-electron chi connectivity index (χ2n) is 4.11. The molecule has 0 saturated heterocycles. The number of carbonyl (C=O) groups is 1. The molecule has 0 radical (unpaired) electrons. The van der Waals surface area contributed by atoms with Crippen molar-refractivity contribution in [2.24, 2.45) is 0 Å². The summed E-state index contributed by atoms with van der Waals surface area (Å²) < 4.78 is 4.67. The molecular weight excluding hydrogens is 202 g/mol. The third-order valence-corrected chi connectivity index (χ3v) is 3.13. The Morgan fingerprint density at radius 3 is 3.12 bits per heavy atom. The summed E-state index contributed by atoms with van der Waals surface area (Å²) in [7, 11) is 1.44. The fraction of sp³-hybridized carbons (Fsp3) is 0.462. The third-order valence-electron chi connectivity index (χ3n) is 3.13. The third kappa shape index (κ3) is 2.35. The summed E-state index contributed by atoms with van der Waals surface area (Å²) in [4.78, 5) is 11.1. The highest BCUT2D eigenvalue weighted by Crippen LogP contribution is 2.34. The lowest BCUT2D eigenvalue weighted by Gasteiger charge is -2.26. The predicted molar refractivity (Wildman–Crippen MR) is 63.5 cm³/mol. The molecule has 1 N–H and O–H groups in total. The highest BCUT2D eigenvalue weighted by atomic mass is 16.5. The molecule has 2 rings (SSSR count). The van der Waals surface area contributed by atoms with Gasteiger partial charge in [-0.25, -0.2) is 0 Å². The van der Waals surface area contributed by atoms with Crippen LogP contribution in [-0.4, -0.2) is 19.6 Å². The molecule has 86 valence electrons. The van der Waals surface area contributed by atoms with Gasteiger partial charge in [0.2, 0.25) is 0 Å². The number of nitrogens with one attached hydrogen (secondary N) is 1. The summed E-state index contributed by atoms with van der Waals surface area (Å²) >= 11 is 0. The first-order valence-corrected chi connectivity index (χ1v) is 5.71. The quantitative estimate of drug-likeness (QED) is 0.794. The van der Waals surface area contributed by atoms with Gasteiger partial charge in [0.15, 0.2) is 0 Å². The van der Waals surface area contributed by atoms with Crippen LogP contribution in [0, 0.1) is 0 Å². The average molecular weight is 219 g/mol. The normalized spacial score (nSPS) is 18.4. The monoisotopic (exact) mass is 219 g/mol. The van der Waals surface area contributed by atoms with Gasteiger partial charge in [-0.2, -0.15) is 0 Å². The molecule has 1 aliphatic heterocycles. The maximum atomic E-state index is 11.1. The molecule has 0 aliphatic carbocycles. The number of methoxy groups -OCH3 is 1. The van der Waals surface area contributed by atoms with Gasteiger partial charge < -0.3 is 10.1 Å². The van der Waals surface area contributed by atoms with Crippen molar-refractivity contribution in [1.82, 2.24) is 0 Å². The molecule has 1 atom stereocenters. The summed E-state index contributed by atoms with van der Waals surface area (Å²) in [5, 5.41) is 3.38. The van der Waals surface area contributed by atoms with Crippen molar-refractivity contribution in [2.75, 3.05) is 19.0 Å². The summed E-state index contributed by atoms with van der Waals surface area (Å²) in [6, 6.07) is 8.33. The number of fused-ring (bicyclic) bond motifs is 1. The van der Waals surface area contributed by atoms with Gasteiger partial charge in [-0.1, -0.05) is 18.2 Å². The lowest BCUT2D eigenvalue weighted by atomic mass is 9.87. The Morgan fingerprint density at radius 2 is 2.31 bits per heavy atom. The highest BCUT2D eigenvalue weighted by Gasteiger charge is 2.20. The van der Waals surface area contributed by atoms with Crippen LogP contribution in [0.4, 0.5) is 5.69 Å². The molecule has 1 heterocycles. The molecule has 0 amide bonds. The number of para-hydroxylation sites is 1. The van der Waals surface area contributed by atoms with E-state index < -0.39 is 0 Å². The van der Waals surface area contributed by atoms with Crippen LogP contribution >= 0.6 is 0 Å². The lowest BCUT2D eigenvalue weighted by molar-refractivity contribution is -0.140. The van der Waals surface area contributed by atoms with Crippen LogP contribution in [-0.2, 0) is 9.53 Å². The molecule has 1 aromatic rings. The fourth-order valence-electron chi connectivity index (χ4n) is 2.24. The van der Waals surface area contributed by atoms with Crippen molar-refractivity contribution in [3.8, 4) is 0 Å². The Morgan fingerprint density at radius 1 is 1.50 bits per heavy atom. The lowest BCUT2D eigenvalue weighted by Crippen LogP contribution is -2.17. The molecule has 0 spiro atoms. The predicted octanol–water partition coefficient (Wildman–Crippen LogP) is 2.54. The molecule has 0 saturated carbocycles. The van der Waals surface area contributed by atoms with Gasteiger partial charge in [-0.15, -0.1) is 0 Å². The van der Waals surface area contributed by atoms with E-state index in [4.69, 9.17) is 0 Å². The Labute approximate surface area is 95.8 Å². The van der Waals surface area contributed by atoms with E-state index in [0.717, 1.165) is 19.4 Å². The minimum Gasteiger partial charge on any atom is -0.469 e. The maximum absolute atomic E-state index is 11.1. The van der Waals surface area contributed by atoms with Crippen molar-refractivity contribution >= 4 is 11.7 Å². The SMILES string of the molecule is COC(=O)CC[C@H]1CCNc2ccccc21. The van der Waals surface area contributed by atoms with E-state index in [1.165, 1.54) is 18.4 Å². The van der Waals surface area contributed by atoms with Crippen LogP contribution in [0.2, 0.25) is 0 Å². The Hall–Kier alpha value is -1.51. The Kier molecular flexibility index (Phi) is 3.44. The van der Waals surface area contributed by atoms with Crippen molar-refractivity contribution in [2.45, 2.75) is 25.2 Å². The second-order valence-corrected chi connectivity index (χ2v) is 4.11. The molecule has 0 unspecified atom stereocenters. The van der Waals surface area contributed by atoms with Gasteiger partial charge in [0.25, 0.3) is 0 Å². The second kappa shape index (κ2) is 5.01. The number of esters is 1. The molecular formula is C13H17NO2. The van der Waals surface area contributed by atoms with E-state index in [-0.39, 0.29) is 5.97 Å². The summed E-state index contributed by atoms with van der Waals surface area (Å²) in [6.07, 6.45) is 2.48. The van der Waals surface area contributed by atoms with Gasteiger partial charge in [0.05, 0.1) is 7.11 Å². The largest absolute Gasteiger partial charge is 0.469 e. The van der Waals surface area contributed by atoms with Gasteiger partial charge in [-0.05, 0) is 30.4 Å². The minimum absolute atomic E-state index is 0.115. The first kappa shape index (κ1) is 11.0. The van der Waals surface area contributed by atoms with Crippen LogP contribution in [0.25, 0.3) is 0 Å². The molecule has 3 heteroatoms. The van der Waals surface area contributed by atoms with Gasteiger partial charge in [-0.3, -0.25) is 4.79 Å². The van der Waals surface area contributed by atoms with Crippen molar-refractivity contribution in [3.05, 3.63) is 29.8 Å². The van der Waals surface area contributed by atoms with Crippen LogP contribution in [0.1, 0.15) is 30.7 Å². The van der Waals surface area contributed by atoms with Crippen molar-refractivity contribution in [1.29, 1.82) is 0 Å². The highest BCUT2D eigenvalue weighted by molar-refractivity contribution is 5.69. The fourth-order valence-corrected chi connectivity index (χ4v) is 2.24. The first-order chi connectivity index (χ1) is 7.81. The zero-order valence-corrected chi connectivity index (χ0v) is 9.53. The Balaban J connectivity index is 2.04. The molecule has 0 aromatic heterocycles. The summed E-state index contributed by atoms with van der Waals surface area (Å²) in [6.45, 7) is 0.989. The van der Waals surface area contributed by atoms with E-state index in [1.807, 2.05) is 6.07 Å². The Bertz CT molecular complexity index is 376. The zero-order chi connectivity index (χ0) is 11.4. The van der Waals surface area contributed by atoms with E-state index in [2.05, 4.69) is 28.3 Å². The number of anilines is 1. The zero-order valence-electron chi connectivity index (χ0n) is 9.53. The van der Waals surface area contributed by atoms with Crippen LogP contribution in [0.3, 0.4) is 0 Å². The van der Waals surface area contributed by atoms with Crippen molar-refractivity contribution in [3.63, 3.8) is 0 Å². The number of rotatable bonds is 3. The number of ether oxygens (including phenoxy) is 1. The first-order valence-electron chi connectivity index (χ1n) is 5.71. The molecule has 1 aromatic carbocycles. The van der Waals surface area contributed by atoms with Crippen molar-refractivity contribution < 1.29 is 9.53 Å². The molecule has 16 heavy (non-hydrogen) atoms. The summed E-state index contributed by atoms with van der Waals surface area (Å²) in [5.74, 6) is 0.368. The molecule has 0 fully saturated rings. The number of benzene rings is 1. The number of carbonyl (C=O) groups excluding carboxylic acids is 1. The van der Waals surface area contributed by atoms with Crippen LogP contribution in [0.5, 0.6) is 0 Å². The van der Waals surface area contributed by atoms with E-state index in [1.54, 1.807) is 0 Å². The standard InChI is InChI=1S/C13H17NO2/c1-16-13(15)7-6-10-8-9-14-12-5-3-2-4-11(10)12/h2-5,10,14H,6-9H2,1H3/t10-/m0/s1. The van der Waals surface area contributed by atoms with Gasteiger partial charge in [0.1, 0.15) is 0 Å². The average Bonchev–Trinajstić information content (AvgIpc) is 2.35. The van der Waals surface area contributed by atoms with E-state index >= 15 is 0 Å². The van der Waals surface area contributed by atoms with Crippen LogP contribution in [0.15, 0.2) is 24.3 Å². The minimum atomic E-state index is -0.115.